The average molecular weight is 353 g/mol. The third kappa shape index (κ3) is 4.04. The first kappa shape index (κ1) is 17.1. The topological polar surface area (TPSA) is 80.5 Å². The fourth-order valence-corrected chi connectivity index (χ4v) is 4.20. The Kier molecular flexibility index (Phi) is 5.00. The smallest absolute Gasteiger partial charge is 0.258 e. The first-order chi connectivity index (χ1) is 8.95. The Labute approximate surface area is 121 Å². The number of thiophene rings is 1. The number of hydrogen-bond donors (Lipinski definition) is 0. The van der Waals surface area contributed by atoms with Gasteiger partial charge in [0.15, 0.2) is 4.34 Å². The summed E-state index contributed by atoms with van der Waals surface area (Å²) in [5, 5.41) is 10.6. The highest BCUT2D eigenvalue weighted by Gasteiger charge is 2.32. The molecule has 1 aromatic heterocycles. The molecule has 12 heteroatoms. The van der Waals surface area contributed by atoms with E-state index in [1.807, 2.05) is 0 Å². The molecule has 1 aromatic rings. The Morgan fingerprint density at radius 2 is 2.05 bits per heavy atom. The summed E-state index contributed by atoms with van der Waals surface area (Å²) in [5.41, 5.74) is -0.598. The van der Waals surface area contributed by atoms with Gasteiger partial charge in [0, 0.05) is 19.7 Å². The second kappa shape index (κ2) is 5.84. The molecule has 0 spiro atoms. The summed E-state index contributed by atoms with van der Waals surface area (Å²) in [6.45, 7) is -0.783. The SMILES string of the molecule is CN(CCC(F)(F)F)S(=O)(=O)c1cc([N+](=O)[O-])c(Cl)s1. The lowest BCUT2D eigenvalue weighted by molar-refractivity contribution is -0.384. The fraction of sp³-hybridized carbons (Fsp3) is 0.500. The standard InChI is InChI=1S/C8H8ClF3N2O4S2/c1-13(3-2-8(10,11)12)20(17,18)6-4-5(14(15)16)7(9)19-6/h4H,2-3H2,1H3. The second-order valence-electron chi connectivity index (χ2n) is 3.67. The maximum Gasteiger partial charge on any atom is 0.390 e. The van der Waals surface area contributed by atoms with Crippen molar-refractivity contribution in [2.24, 2.45) is 0 Å². The Bertz CT molecular complexity index is 614. The van der Waals surface area contributed by atoms with Crippen LogP contribution < -0.4 is 0 Å². The van der Waals surface area contributed by atoms with Crippen LogP contribution in [0.15, 0.2) is 10.3 Å². The van der Waals surface area contributed by atoms with Gasteiger partial charge in [-0.2, -0.15) is 17.5 Å². The van der Waals surface area contributed by atoms with Crippen molar-refractivity contribution in [2.45, 2.75) is 16.8 Å². The summed E-state index contributed by atoms with van der Waals surface area (Å²) in [4.78, 5) is 9.69. The van der Waals surface area contributed by atoms with E-state index in [1.165, 1.54) is 0 Å². The number of alkyl halides is 3. The minimum atomic E-state index is -4.50. The molecule has 0 aliphatic carbocycles. The Morgan fingerprint density at radius 1 is 1.50 bits per heavy atom. The van der Waals surface area contributed by atoms with Crippen molar-refractivity contribution < 1.29 is 26.5 Å². The molecule has 0 saturated carbocycles. The number of nitrogens with zero attached hydrogens (tertiary/aromatic N) is 2. The van der Waals surface area contributed by atoms with Crippen molar-refractivity contribution in [2.75, 3.05) is 13.6 Å². The van der Waals surface area contributed by atoms with Gasteiger partial charge in [0.1, 0.15) is 4.21 Å². The van der Waals surface area contributed by atoms with Crippen molar-refractivity contribution in [3.8, 4) is 0 Å². The van der Waals surface area contributed by atoms with Crippen LogP contribution in [-0.2, 0) is 10.0 Å². The van der Waals surface area contributed by atoms with Crippen LogP contribution in [0.1, 0.15) is 6.42 Å². The van der Waals surface area contributed by atoms with E-state index in [4.69, 9.17) is 11.6 Å². The molecule has 0 unspecified atom stereocenters. The maximum atomic E-state index is 12.1. The molecule has 0 aromatic carbocycles. The molecule has 20 heavy (non-hydrogen) atoms. The van der Waals surface area contributed by atoms with Crippen LogP contribution in [-0.4, -0.2) is 37.4 Å². The molecule has 0 saturated heterocycles. The fourth-order valence-electron chi connectivity index (χ4n) is 1.15. The summed E-state index contributed by atoms with van der Waals surface area (Å²) >= 11 is 5.94. The highest BCUT2D eigenvalue weighted by Crippen LogP contribution is 2.37. The van der Waals surface area contributed by atoms with Gasteiger partial charge in [-0.25, -0.2) is 8.42 Å². The summed E-state index contributed by atoms with van der Waals surface area (Å²) in [5.74, 6) is 0. The summed E-state index contributed by atoms with van der Waals surface area (Å²) in [6, 6.07) is 0.729. The molecule has 6 nitrogen and oxygen atoms in total. The monoisotopic (exact) mass is 352 g/mol. The lowest BCUT2D eigenvalue weighted by Gasteiger charge is -2.16. The molecule has 1 rings (SSSR count). The van der Waals surface area contributed by atoms with E-state index in [9.17, 15) is 31.7 Å². The number of sulfonamides is 1. The van der Waals surface area contributed by atoms with Gasteiger partial charge >= 0.3 is 6.18 Å². The van der Waals surface area contributed by atoms with E-state index in [0.717, 1.165) is 13.1 Å². The largest absolute Gasteiger partial charge is 0.390 e. The van der Waals surface area contributed by atoms with Crippen molar-refractivity contribution in [3.05, 3.63) is 20.5 Å². The molecule has 0 aliphatic rings. The molecule has 1 heterocycles. The Hall–Kier alpha value is -0.910. The maximum absolute atomic E-state index is 12.1. The molecule has 0 radical (unpaired) electrons. The predicted octanol–water partition coefficient (Wildman–Crippen LogP) is 2.88. The molecule has 114 valence electrons. The Morgan fingerprint density at radius 3 is 2.45 bits per heavy atom. The van der Waals surface area contributed by atoms with E-state index in [1.54, 1.807) is 0 Å². The van der Waals surface area contributed by atoms with Crippen LogP contribution in [0, 0.1) is 10.1 Å². The van der Waals surface area contributed by atoms with Gasteiger partial charge in [0.25, 0.3) is 15.7 Å². The normalized spacial score (nSPS) is 12.9. The van der Waals surface area contributed by atoms with Crippen LogP contribution in [0.5, 0.6) is 0 Å². The van der Waals surface area contributed by atoms with E-state index < -0.39 is 44.0 Å². The third-order valence-corrected chi connectivity index (χ3v) is 5.86. The average Bonchev–Trinajstić information content (AvgIpc) is 2.67. The first-order valence-electron chi connectivity index (χ1n) is 4.92. The van der Waals surface area contributed by atoms with Crippen LogP contribution in [0.25, 0.3) is 0 Å². The van der Waals surface area contributed by atoms with Gasteiger partial charge in [0.05, 0.1) is 11.3 Å². The van der Waals surface area contributed by atoms with Gasteiger partial charge < -0.3 is 0 Å². The summed E-state index contributed by atoms with van der Waals surface area (Å²) in [7, 11) is -3.27. The lowest BCUT2D eigenvalue weighted by Crippen LogP contribution is -2.30. The van der Waals surface area contributed by atoms with Crippen molar-refractivity contribution in [1.82, 2.24) is 4.31 Å². The highest BCUT2D eigenvalue weighted by atomic mass is 35.5. The first-order valence-corrected chi connectivity index (χ1v) is 7.55. The highest BCUT2D eigenvalue weighted by molar-refractivity contribution is 7.91. The summed E-state index contributed by atoms with van der Waals surface area (Å²) in [6.07, 6.45) is -5.81. The van der Waals surface area contributed by atoms with Crippen molar-refractivity contribution in [3.63, 3.8) is 0 Å². The molecule has 0 amide bonds. The van der Waals surface area contributed by atoms with Gasteiger partial charge in [-0.1, -0.05) is 11.6 Å². The predicted molar refractivity (Wildman–Crippen MR) is 66.5 cm³/mol. The van der Waals surface area contributed by atoms with Crippen LogP contribution in [0.4, 0.5) is 18.9 Å². The molecular weight excluding hydrogens is 345 g/mol. The quantitative estimate of drug-likeness (QED) is 0.602. The number of rotatable bonds is 5. The van der Waals surface area contributed by atoms with E-state index >= 15 is 0 Å². The summed E-state index contributed by atoms with van der Waals surface area (Å²) < 4.78 is 59.7. The number of hydrogen-bond acceptors (Lipinski definition) is 5. The van der Waals surface area contributed by atoms with Gasteiger partial charge in [-0.3, -0.25) is 10.1 Å². The third-order valence-electron chi connectivity index (χ3n) is 2.22. The van der Waals surface area contributed by atoms with Crippen LogP contribution >= 0.6 is 22.9 Å². The van der Waals surface area contributed by atoms with Gasteiger partial charge in [-0.15, -0.1) is 11.3 Å². The lowest BCUT2D eigenvalue weighted by atomic mass is 10.4. The zero-order chi connectivity index (χ0) is 15.7. The van der Waals surface area contributed by atoms with Crippen LogP contribution in [0.3, 0.4) is 0 Å². The van der Waals surface area contributed by atoms with Gasteiger partial charge in [-0.05, 0) is 0 Å². The number of halogens is 4. The second-order valence-corrected chi connectivity index (χ2v) is 7.60. The van der Waals surface area contributed by atoms with Crippen LogP contribution in [0.2, 0.25) is 4.34 Å². The van der Waals surface area contributed by atoms with E-state index in [0.29, 0.717) is 15.6 Å². The number of nitro groups is 1. The molecular formula is C8H8ClF3N2O4S2. The van der Waals surface area contributed by atoms with Crippen molar-refractivity contribution in [1.29, 1.82) is 0 Å². The molecule has 0 aliphatic heterocycles. The Balaban J connectivity index is 2.99. The molecule has 0 N–H and O–H groups in total. The molecule has 0 atom stereocenters. The van der Waals surface area contributed by atoms with Crippen molar-refractivity contribution >= 4 is 38.6 Å². The molecule has 0 bridgehead atoms. The van der Waals surface area contributed by atoms with E-state index in [2.05, 4.69) is 0 Å². The zero-order valence-electron chi connectivity index (χ0n) is 9.85. The van der Waals surface area contributed by atoms with Gasteiger partial charge in [0.2, 0.25) is 0 Å². The zero-order valence-corrected chi connectivity index (χ0v) is 12.2. The minimum Gasteiger partial charge on any atom is -0.258 e. The minimum absolute atomic E-state index is 0.349. The molecule has 0 fully saturated rings. The van der Waals surface area contributed by atoms with E-state index in [-0.39, 0.29) is 4.34 Å².